The molecule has 4 rings (SSSR count). The third-order valence-corrected chi connectivity index (χ3v) is 5.83. The predicted molar refractivity (Wildman–Crippen MR) is 125 cm³/mol. The topological polar surface area (TPSA) is 90.6 Å². The van der Waals surface area contributed by atoms with Crippen LogP contribution in [0.5, 0.6) is 5.75 Å². The molecule has 1 fully saturated rings. The molecule has 1 atom stereocenters. The summed E-state index contributed by atoms with van der Waals surface area (Å²) in [5.41, 5.74) is 3.58. The van der Waals surface area contributed by atoms with Crippen molar-refractivity contribution in [2.45, 2.75) is 19.9 Å². The lowest BCUT2D eigenvalue weighted by Gasteiger charge is -2.25. The molecule has 6 nitrogen and oxygen atoms in total. The van der Waals surface area contributed by atoms with Crippen molar-refractivity contribution in [1.29, 1.82) is 5.26 Å². The lowest BCUT2D eigenvalue weighted by Crippen LogP contribution is -2.29. The molecule has 1 N–H and O–H groups in total. The number of hydrogen-bond acceptors (Lipinski definition) is 5. The first-order valence-electron chi connectivity index (χ1n) is 10.4. The minimum absolute atomic E-state index is 0.0169. The molecule has 1 amide bonds. The number of hydrogen-bond donors (Lipinski definition) is 1. The van der Waals surface area contributed by atoms with Gasteiger partial charge >= 0.3 is 0 Å². The maximum absolute atomic E-state index is 13.2. The van der Waals surface area contributed by atoms with Crippen LogP contribution < -0.4 is 9.64 Å². The van der Waals surface area contributed by atoms with E-state index in [2.05, 4.69) is 0 Å². The molecule has 1 saturated heterocycles. The Morgan fingerprint density at radius 1 is 1.00 bits per heavy atom. The first-order chi connectivity index (χ1) is 15.9. The Hall–Kier alpha value is -4.37. The third-order valence-electron chi connectivity index (χ3n) is 5.83. The van der Waals surface area contributed by atoms with Crippen molar-refractivity contribution in [2.24, 2.45) is 0 Å². The van der Waals surface area contributed by atoms with Crippen molar-refractivity contribution in [3.05, 3.63) is 100 Å². The number of aliphatic hydroxyl groups excluding tert-OH is 1. The van der Waals surface area contributed by atoms with Gasteiger partial charge in [0.1, 0.15) is 11.5 Å². The minimum Gasteiger partial charge on any atom is -0.507 e. The normalized spacial score (nSPS) is 17.2. The smallest absolute Gasteiger partial charge is 0.300 e. The summed E-state index contributed by atoms with van der Waals surface area (Å²) >= 11 is 0. The van der Waals surface area contributed by atoms with Gasteiger partial charge in [0.2, 0.25) is 0 Å². The number of nitrogens with zero attached hydrogens (tertiary/aromatic N) is 2. The van der Waals surface area contributed by atoms with Crippen LogP contribution in [-0.2, 0) is 9.59 Å². The molecule has 3 aromatic rings. The molecule has 1 unspecified atom stereocenters. The Balaban J connectivity index is 1.95. The van der Waals surface area contributed by atoms with Gasteiger partial charge in [-0.25, -0.2) is 0 Å². The zero-order valence-electron chi connectivity index (χ0n) is 18.5. The van der Waals surface area contributed by atoms with Gasteiger partial charge in [-0.2, -0.15) is 5.26 Å². The number of amides is 1. The summed E-state index contributed by atoms with van der Waals surface area (Å²) in [6.07, 6.45) is 0. The molecule has 33 heavy (non-hydrogen) atoms. The Morgan fingerprint density at radius 2 is 1.67 bits per heavy atom. The van der Waals surface area contributed by atoms with Crippen LogP contribution in [0.15, 0.2) is 72.3 Å². The lowest BCUT2D eigenvalue weighted by molar-refractivity contribution is -0.132. The Labute approximate surface area is 192 Å². The first kappa shape index (κ1) is 21.8. The molecule has 0 spiro atoms. The van der Waals surface area contributed by atoms with Crippen LogP contribution in [0.25, 0.3) is 5.76 Å². The molecular formula is C27H22N2O4. The number of aryl methyl sites for hydroxylation is 2. The highest BCUT2D eigenvalue weighted by Crippen LogP contribution is 2.42. The molecule has 3 aromatic carbocycles. The Bertz CT molecular complexity index is 1320. The number of carbonyl (C=O) groups is 2. The molecule has 0 bridgehead atoms. The number of anilines is 1. The van der Waals surface area contributed by atoms with E-state index in [0.29, 0.717) is 33.7 Å². The second kappa shape index (κ2) is 8.64. The summed E-state index contributed by atoms with van der Waals surface area (Å²) in [7, 11) is 1.57. The van der Waals surface area contributed by atoms with E-state index in [-0.39, 0.29) is 11.3 Å². The molecule has 6 heteroatoms. The van der Waals surface area contributed by atoms with E-state index in [1.54, 1.807) is 43.5 Å². The number of rotatable bonds is 4. The highest BCUT2D eigenvalue weighted by Gasteiger charge is 2.47. The van der Waals surface area contributed by atoms with Gasteiger partial charge in [-0.15, -0.1) is 0 Å². The van der Waals surface area contributed by atoms with Crippen LogP contribution in [0.4, 0.5) is 5.69 Å². The Kier molecular flexibility index (Phi) is 5.72. The molecular weight excluding hydrogens is 416 g/mol. The van der Waals surface area contributed by atoms with Gasteiger partial charge in [0.25, 0.3) is 11.7 Å². The van der Waals surface area contributed by atoms with Crippen molar-refractivity contribution in [1.82, 2.24) is 0 Å². The van der Waals surface area contributed by atoms with Crippen LogP contribution in [-0.4, -0.2) is 23.9 Å². The second-order valence-corrected chi connectivity index (χ2v) is 7.88. The summed E-state index contributed by atoms with van der Waals surface area (Å²) in [6.45, 7) is 3.66. The zero-order chi connectivity index (χ0) is 23.7. The summed E-state index contributed by atoms with van der Waals surface area (Å²) in [4.78, 5) is 27.8. The minimum atomic E-state index is -0.819. The molecule has 1 heterocycles. The molecule has 0 saturated carbocycles. The average molecular weight is 438 g/mol. The highest BCUT2D eigenvalue weighted by molar-refractivity contribution is 6.51. The summed E-state index contributed by atoms with van der Waals surface area (Å²) < 4.78 is 5.36. The fourth-order valence-electron chi connectivity index (χ4n) is 4.16. The number of methoxy groups -OCH3 is 1. The van der Waals surface area contributed by atoms with Crippen LogP contribution >= 0.6 is 0 Å². The first-order valence-corrected chi connectivity index (χ1v) is 10.4. The van der Waals surface area contributed by atoms with Gasteiger partial charge in [-0.1, -0.05) is 30.3 Å². The van der Waals surface area contributed by atoms with E-state index >= 15 is 0 Å². The lowest BCUT2D eigenvalue weighted by atomic mass is 9.93. The maximum atomic E-state index is 13.2. The van der Waals surface area contributed by atoms with E-state index in [0.717, 1.165) is 5.56 Å². The van der Waals surface area contributed by atoms with Gasteiger partial charge in [0.15, 0.2) is 0 Å². The average Bonchev–Trinajstić information content (AvgIpc) is 3.10. The number of benzene rings is 3. The van der Waals surface area contributed by atoms with Crippen molar-refractivity contribution in [3.63, 3.8) is 0 Å². The zero-order valence-corrected chi connectivity index (χ0v) is 18.5. The molecule has 164 valence electrons. The van der Waals surface area contributed by atoms with Crippen LogP contribution in [0, 0.1) is 25.2 Å². The van der Waals surface area contributed by atoms with Gasteiger partial charge in [-0.3, -0.25) is 14.5 Å². The number of ether oxygens (including phenoxy) is 1. The van der Waals surface area contributed by atoms with Crippen LogP contribution in [0.3, 0.4) is 0 Å². The van der Waals surface area contributed by atoms with E-state index in [1.807, 2.05) is 50.2 Å². The van der Waals surface area contributed by atoms with Crippen molar-refractivity contribution in [2.75, 3.05) is 12.0 Å². The van der Waals surface area contributed by atoms with Gasteiger partial charge in [-0.05, 0) is 66.9 Å². The molecule has 0 aromatic heterocycles. The molecule has 1 aliphatic rings. The number of carbonyl (C=O) groups excluding carboxylic acids is 2. The molecule has 0 radical (unpaired) electrons. The highest BCUT2D eigenvalue weighted by atomic mass is 16.5. The van der Waals surface area contributed by atoms with Crippen LogP contribution in [0.1, 0.15) is 33.9 Å². The van der Waals surface area contributed by atoms with Gasteiger partial charge in [0.05, 0.1) is 30.4 Å². The number of aliphatic hydroxyl groups is 1. The fourth-order valence-corrected chi connectivity index (χ4v) is 4.16. The number of ketones is 1. The Morgan fingerprint density at radius 3 is 2.27 bits per heavy atom. The van der Waals surface area contributed by atoms with Crippen molar-refractivity contribution in [3.8, 4) is 11.8 Å². The van der Waals surface area contributed by atoms with Gasteiger partial charge < -0.3 is 9.84 Å². The predicted octanol–water partition coefficient (Wildman–Crippen LogP) is 4.81. The summed E-state index contributed by atoms with van der Waals surface area (Å²) in [5.74, 6) is -1.07. The number of nitriles is 1. The largest absolute Gasteiger partial charge is 0.507 e. The van der Waals surface area contributed by atoms with Gasteiger partial charge in [0, 0.05) is 11.3 Å². The van der Waals surface area contributed by atoms with E-state index < -0.39 is 17.7 Å². The molecule has 0 aliphatic carbocycles. The second-order valence-electron chi connectivity index (χ2n) is 7.88. The van der Waals surface area contributed by atoms with Crippen LogP contribution in [0.2, 0.25) is 0 Å². The van der Waals surface area contributed by atoms with E-state index in [9.17, 15) is 14.7 Å². The van der Waals surface area contributed by atoms with Crippen molar-refractivity contribution >= 4 is 23.1 Å². The summed E-state index contributed by atoms with van der Waals surface area (Å²) in [6, 6.07) is 20.3. The monoisotopic (exact) mass is 438 g/mol. The SMILES string of the molecule is COc1cc(C)c(/C(O)=C2\C(=O)C(=O)N(c3ccc(C#N)cc3)C2c2ccccc2)cc1C. The summed E-state index contributed by atoms with van der Waals surface area (Å²) in [5, 5.41) is 20.5. The van der Waals surface area contributed by atoms with Crippen molar-refractivity contribution < 1.29 is 19.4 Å². The molecule has 1 aliphatic heterocycles. The maximum Gasteiger partial charge on any atom is 0.300 e. The van der Waals surface area contributed by atoms with E-state index in [1.165, 1.54) is 4.90 Å². The number of Topliss-reactive ketones (excluding diaryl/α,β-unsaturated/α-hetero) is 1. The standard InChI is InChI=1S/C27H22N2O4/c1-16-14-22(33-3)17(2)13-21(16)25(30)23-24(19-7-5-4-6-8-19)29(27(32)26(23)31)20-11-9-18(15-28)10-12-20/h4-14,24,30H,1-3H3/b25-23+. The van der Waals surface area contributed by atoms with E-state index in [4.69, 9.17) is 10.00 Å². The fraction of sp³-hybridized carbons (Fsp3) is 0.148. The third kappa shape index (κ3) is 3.74. The quantitative estimate of drug-likeness (QED) is 0.359.